The average Bonchev–Trinajstić information content (AvgIpc) is 3.85. The number of aromatic nitrogens is 5. The molecule has 3 heterocycles. The van der Waals surface area contributed by atoms with Crippen LogP contribution in [0.3, 0.4) is 0 Å². The van der Waals surface area contributed by atoms with Crippen LogP contribution in [0.1, 0.15) is 0 Å². The highest BCUT2D eigenvalue weighted by atomic mass is 15.1. The van der Waals surface area contributed by atoms with Gasteiger partial charge < -0.3 is 9.13 Å². The Morgan fingerprint density at radius 2 is 0.783 bits per heavy atom. The van der Waals surface area contributed by atoms with E-state index in [4.69, 9.17) is 15.0 Å². The number of nitrogens with zero attached hydrogens (tertiary/aromatic N) is 5. The van der Waals surface area contributed by atoms with Gasteiger partial charge in [0.25, 0.3) is 0 Å². The largest absolute Gasteiger partial charge is 0.307 e. The summed E-state index contributed by atoms with van der Waals surface area (Å²) in [5.74, 6) is 1.91. The molecule has 0 radical (unpaired) electrons. The molecular weight excluding hydrogens is 731 g/mol. The normalized spacial score (nSPS) is 11.7. The molecule has 0 N–H and O–H groups in total. The number of hydrogen-bond acceptors (Lipinski definition) is 3. The van der Waals surface area contributed by atoms with Crippen molar-refractivity contribution in [1.82, 2.24) is 24.1 Å². The molecule has 0 amide bonds. The molecule has 60 heavy (non-hydrogen) atoms. The molecule has 0 aliphatic rings. The summed E-state index contributed by atoms with van der Waals surface area (Å²) >= 11 is 0. The first-order valence-electron chi connectivity index (χ1n) is 20.3. The predicted octanol–water partition coefficient (Wildman–Crippen LogP) is 13.9. The monoisotopic (exact) mass is 765 g/mol. The van der Waals surface area contributed by atoms with Gasteiger partial charge in [0, 0.05) is 49.5 Å². The fourth-order valence-electron chi connectivity index (χ4n) is 8.99. The van der Waals surface area contributed by atoms with Crippen LogP contribution in [0.5, 0.6) is 0 Å². The predicted molar refractivity (Wildman–Crippen MR) is 248 cm³/mol. The van der Waals surface area contributed by atoms with E-state index in [0.29, 0.717) is 17.5 Å². The quantitative estimate of drug-likeness (QED) is 0.169. The molecule has 280 valence electrons. The lowest BCUT2D eigenvalue weighted by atomic mass is 10.0. The molecule has 0 aliphatic heterocycles. The molecule has 0 aliphatic carbocycles. The minimum absolute atomic E-state index is 0.626. The van der Waals surface area contributed by atoms with Gasteiger partial charge in [-0.2, -0.15) is 0 Å². The zero-order valence-corrected chi connectivity index (χ0v) is 32.4. The van der Waals surface area contributed by atoms with Crippen LogP contribution in [0.15, 0.2) is 212 Å². The van der Waals surface area contributed by atoms with Gasteiger partial charge in [0.2, 0.25) is 0 Å². The Kier molecular flexibility index (Phi) is 7.78. The Labute approximate surface area is 346 Å². The topological polar surface area (TPSA) is 48.5 Å². The van der Waals surface area contributed by atoms with Crippen molar-refractivity contribution in [1.29, 1.82) is 0 Å². The van der Waals surface area contributed by atoms with Crippen molar-refractivity contribution >= 4 is 54.4 Å². The molecule has 0 fully saturated rings. The third-order valence-electron chi connectivity index (χ3n) is 11.8. The lowest BCUT2D eigenvalue weighted by molar-refractivity contribution is 1.07. The van der Waals surface area contributed by atoms with E-state index in [-0.39, 0.29) is 0 Å². The first kappa shape index (κ1) is 33.9. The van der Waals surface area contributed by atoms with Crippen molar-refractivity contribution < 1.29 is 0 Å². The van der Waals surface area contributed by atoms with Crippen molar-refractivity contribution in [2.75, 3.05) is 0 Å². The second kappa shape index (κ2) is 13.8. The molecule has 9 aromatic carbocycles. The fourth-order valence-corrected chi connectivity index (χ4v) is 8.99. The highest BCUT2D eigenvalue weighted by molar-refractivity contribution is 6.24. The first-order chi connectivity index (χ1) is 29.8. The summed E-state index contributed by atoms with van der Waals surface area (Å²) in [4.78, 5) is 15.2. The Morgan fingerprint density at radius 1 is 0.300 bits per heavy atom. The number of para-hydroxylation sites is 3. The SMILES string of the molecule is c1ccc(-c2nc(-c3ccc(-n4c5ccccc5c5ccc6c7ccccc7n(-c7ccccc7-c7ccccc7)c6c54)cc3)nc(-c3ccc4ccccc4c3)n2)cc1. The van der Waals surface area contributed by atoms with Crippen molar-refractivity contribution in [3.8, 4) is 56.7 Å². The lowest BCUT2D eigenvalue weighted by Crippen LogP contribution is -2.01. The minimum Gasteiger partial charge on any atom is -0.307 e. The van der Waals surface area contributed by atoms with E-state index < -0.39 is 0 Å². The van der Waals surface area contributed by atoms with Gasteiger partial charge in [0.1, 0.15) is 0 Å². The molecule has 5 nitrogen and oxygen atoms in total. The van der Waals surface area contributed by atoms with Gasteiger partial charge in [0.05, 0.1) is 27.8 Å². The summed E-state index contributed by atoms with van der Waals surface area (Å²) in [5.41, 5.74) is 12.0. The Morgan fingerprint density at radius 3 is 1.47 bits per heavy atom. The highest BCUT2D eigenvalue weighted by Gasteiger charge is 2.22. The van der Waals surface area contributed by atoms with E-state index in [1.165, 1.54) is 49.1 Å². The van der Waals surface area contributed by atoms with E-state index in [9.17, 15) is 0 Å². The lowest BCUT2D eigenvalue weighted by Gasteiger charge is -2.16. The molecule has 12 aromatic rings. The molecule has 5 heteroatoms. The highest BCUT2D eigenvalue weighted by Crippen LogP contribution is 2.43. The van der Waals surface area contributed by atoms with E-state index in [2.05, 4.69) is 191 Å². The second-order valence-corrected chi connectivity index (χ2v) is 15.2. The molecule has 0 unspecified atom stereocenters. The van der Waals surface area contributed by atoms with Crippen LogP contribution < -0.4 is 0 Å². The van der Waals surface area contributed by atoms with Gasteiger partial charge in [-0.25, -0.2) is 15.0 Å². The molecule has 12 rings (SSSR count). The number of rotatable bonds is 6. The molecule has 3 aromatic heterocycles. The van der Waals surface area contributed by atoms with Gasteiger partial charge in [-0.05, 0) is 64.9 Å². The average molecular weight is 766 g/mol. The van der Waals surface area contributed by atoms with Gasteiger partial charge in [0.15, 0.2) is 17.5 Å². The first-order valence-corrected chi connectivity index (χ1v) is 20.3. The second-order valence-electron chi connectivity index (χ2n) is 15.2. The van der Waals surface area contributed by atoms with Crippen LogP contribution in [-0.4, -0.2) is 24.1 Å². The zero-order chi connectivity index (χ0) is 39.6. The third kappa shape index (κ3) is 5.44. The van der Waals surface area contributed by atoms with E-state index in [1.54, 1.807) is 0 Å². The van der Waals surface area contributed by atoms with Crippen LogP contribution in [-0.2, 0) is 0 Å². The van der Waals surface area contributed by atoms with Gasteiger partial charge in [-0.3, -0.25) is 0 Å². The smallest absolute Gasteiger partial charge is 0.164 e. The van der Waals surface area contributed by atoms with Crippen LogP contribution >= 0.6 is 0 Å². The maximum absolute atomic E-state index is 5.11. The Hall–Kier alpha value is -8.15. The van der Waals surface area contributed by atoms with E-state index in [0.717, 1.165) is 44.5 Å². The fraction of sp³-hybridized carbons (Fsp3) is 0. The molecule has 0 saturated carbocycles. The van der Waals surface area contributed by atoms with E-state index >= 15 is 0 Å². The molecule has 0 bridgehead atoms. The maximum Gasteiger partial charge on any atom is 0.164 e. The van der Waals surface area contributed by atoms with Gasteiger partial charge >= 0.3 is 0 Å². The summed E-state index contributed by atoms with van der Waals surface area (Å²) in [6, 6.07) is 75.2. The van der Waals surface area contributed by atoms with Crippen molar-refractivity contribution in [3.63, 3.8) is 0 Å². The van der Waals surface area contributed by atoms with Crippen LogP contribution in [0.25, 0.3) is 111 Å². The van der Waals surface area contributed by atoms with Crippen molar-refractivity contribution in [2.45, 2.75) is 0 Å². The van der Waals surface area contributed by atoms with Crippen molar-refractivity contribution in [3.05, 3.63) is 212 Å². The summed E-state index contributed by atoms with van der Waals surface area (Å²) in [7, 11) is 0. The minimum atomic E-state index is 0.626. The van der Waals surface area contributed by atoms with Gasteiger partial charge in [-0.1, -0.05) is 164 Å². The Balaban J connectivity index is 1.08. The van der Waals surface area contributed by atoms with E-state index in [1.807, 2.05) is 30.3 Å². The maximum atomic E-state index is 5.11. The number of benzene rings is 9. The standard InChI is InChI=1S/C55H35N5/c1-3-16-37(17-4-1)43-21-9-12-24-48(43)60-50-26-14-11-23-45(50)47-34-33-46-44-22-10-13-25-49(44)59(51(46)52(47)60)42-31-29-39(30-32-42)54-56-53(38-18-5-2-6-19-38)57-55(58-54)41-28-27-36-15-7-8-20-40(36)35-41/h1-35H. The molecule has 0 spiro atoms. The summed E-state index contributed by atoms with van der Waals surface area (Å²) in [5, 5.41) is 7.16. The summed E-state index contributed by atoms with van der Waals surface area (Å²) in [6.45, 7) is 0. The zero-order valence-electron chi connectivity index (χ0n) is 32.4. The molecule has 0 atom stereocenters. The molecule has 0 saturated heterocycles. The third-order valence-corrected chi connectivity index (χ3v) is 11.8. The summed E-state index contributed by atoms with van der Waals surface area (Å²) in [6.07, 6.45) is 0. The number of fused-ring (bicyclic) bond motifs is 8. The van der Waals surface area contributed by atoms with Crippen LogP contribution in [0, 0.1) is 0 Å². The number of hydrogen-bond donors (Lipinski definition) is 0. The van der Waals surface area contributed by atoms with Gasteiger partial charge in [-0.15, -0.1) is 0 Å². The van der Waals surface area contributed by atoms with Crippen molar-refractivity contribution in [2.24, 2.45) is 0 Å². The Bertz CT molecular complexity index is 3580. The summed E-state index contributed by atoms with van der Waals surface area (Å²) < 4.78 is 4.91. The molecular formula is C55H35N5. The van der Waals surface area contributed by atoms with Crippen LogP contribution in [0.2, 0.25) is 0 Å². The van der Waals surface area contributed by atoms with Crippen LogP contribution in [0.4, 0.5) is 0 Å².